The molecule has 0 radical (unpaired) electrons. The molecule has 15 nitrogen and oxygen atoms in total. The Balaban J connectivity index is 1.23. The van der Waals surface area contributed by atoms with Crippen LogP contribution < -0.4 is 21.7 Å². The predicted molar refractivity (Wildman–Crippen MR) is 197 cm³/mol. The smallest absolute Gasteiger partial charge is 0.321 e. The van der Waals surface area contributed by atoms with Gasteiger partial charge in [-0.15, -0.1) is 5.10 Å². The topological polar surface area (TPSA) is 194 Å². The zero-order valence-corrected chi connectivity index (χ0v) is 28.8. The van der Waals surface area contributed by atoms with E-state index in [2.05, 4.69) is 41.4 Å². The minimum Gasteiger partial charge on any atom is -0.389 e. The summed E-state index contributed by atoms with van der Waals surface area (Å²) in [7, 11) is 1.47. The number of hydrogen-bond acceptors (Lipinski definition) is 9. The second-order valence-electron chi connectivity index (χ2n) is 11.7. The zero-order valence-electron chi connectivity index (χ0n) is 28.8. The third-order valence-corrected chi connectivity index (χ3v) is 7.83. The van der Waals surface area contributed by atoms with Gasteiger partial charge in [0.1, 0.15) is 18.3 Å². The van der Waals surface area contributed by atoms with Gasteiger partial charge in [0.25, 0.3) is 0 Å². The van der Waals surface area contributed by atoms with Crippen LogP contribution in [-0.4, -0.2) is 74.5 Å². The van der Waals surface area contributed by atoms with E-state index in [9.17, 15) is 14.4 Å². The fourth-order valence-electron chi connectivity index (χ4n) is 5.31. The third-order valence-electron chi connectivity index (χ3n) is 7.83. The van der Waals surface area contributed by atoms with Gasteiger partial charge < -0.3 is 26.1 Å². The molecule has 0 bridgehead atoms. The highest BCUT2D eigenvalue weighted by Crippen LogP contribution is 2.16. The number of fused-ring (bicyclic) bond motifs is 1. The lowest BCUT2D eigenvalue weighted by molar-refractivity contribution is -0.138. The number of aliphatic imine (C=N–C) groups is 1. The Bertz CT molecular complexity index is 1940. The molecule has 0 aliphatic carbocycles. The summed E-state index contributed by atoms with van der Waals surface area (Å²) in [6.07, 6.45) is 5.57. The summed E-state index contributed by atoms with van der Waals surface area (Å²) in [6.45, 7) is 0.762. The predicted octanol–water partition coefficient (Wildman–Crippen LogP) is 3.11. The number of rotatable bonds is 16. The Morgan fingerprint density at radius 1 is 0.962 bits per heavy atom. The fraction of sp³-hybridized carbons (Fsp3) is 0.243. The molecule has 15 heteroatoms. The van der Waals surface area contributed by atoms with E-state index in [0.717, 1.165) is 27.6 Å². The van der Waals surface area contributed by atoms with Crippen molar-refractivity contribution in [3.8, 4) is 0 Å². The van der Waals surface area contributed by atoms with Crippen LogP contribution in [0.25, 0.3) is 10.9 Å². The molecule has 268 valence electrons. The number of urea groups is 1. The van der Waals surface area contributed by atoms with Gasteiger partial charge in [0.05, 0.1) is 17.9 Å². The number of carbonyl (C=O) groups is 3. The molecule has 0 aliphatic rings. The monoisotopic (exact) mass is 703 g/mol. The molecule has 0 saturated heterocycles. The SMILES string of the molecule is CNC(=O)NC(N)=NCCC[C@H](NC(=O)Cn1cc(CO/N=C/c2ccnc3ccccc23)nn1)C(=O)N(Cc1ccccc1)Cc1ccccc1. The number of nitrogens with one attached hydrogen (secondary N) is 3. The second-order valence-corrected chi connectivity index (χ2v) is 11.7. The molecule has 2 aromatic heterocycles. The molecule has 5 rings (SSSR count). The van der Waals surface area contributed by atoms with E-state index in [4.69, 9.17) is 10.6 Å². The Hall–Kier alpha value is -6.64. The lowest BCUT2D eigenvalue weighted by atomic mass is 10.1. The van der Waals surface area contributed by atoms with E-state index < -0.39 is 18.0 Å². The molecule has 1 atom stereocenters. The Morgan fingerprint density at radius 2 is 1.65 bits per heavy atom. The van der Waals surface area contributed by atoms with E-state index in [1.54, 1.807) is 23.5 Å². The summed E-state index contributed by atoms with van der Waals surface area (Å²) in [5, 5.41) is 20.9. The number of para-hydroxylation sites is 1. The van der Waals surface area contributed by atoms with E-state index in [1.165, 1.54) is 11.7 Å². The average Bonchev–Trinajstić information content (AvgIpc) is 3.61. The number of amides is 4. The molecule has 5 N–H and O–H groups in total. The van der Waals surface area contributed by atoms with Gasteiger partial charge in [-0.05, 0) is 36.1 Å². The first kappa shape index (κ1) is 36.6. The van der Waals surface area contributed by atoms with Crippen LogP contribution in [0.4, 0.5) is 4.79 Å². The van der Waals surface area contributed by atoms with Crippen LogP contribution in [0.1, 0.15) is 35.2 Å². The van der Waals surface area contributed by atoms with Crippen molar-refractivity contribution < 1.29 is 19.2 Å². The number of benzene rings is 3. The standard InChI is InChI=1S/C37H41N11O4/c1-39-37(51)44-36(38)41-19-10-17-33(35(50)47(22-27-11-4-2-5-12-27)23-28-13-6-3-7-14-28)43-34(49)25-48-24-30(45-46-48)26-52-42-21-29-18-20-40-32-16-9-8-15-31(29)32/h2-9,11-16,18,20-21,24,33H,10,17,19,22-23,25-26H2,1H3,(H,43,49)(H4,38,39,41,44,51)/b42-21+/t33-/m0/s1. The number of aromatic nitrogens is 4. The van der Waals surface area contributed by atoms with Gasteiger partial charge in [-0.1, -0.05) is 89.2 Å². The van der Waals surface area contributed by atoms with Crippen molar-refractivity contribution in [2.24, 2.45) is 15.9 Å². The average molecular weight is 704 g/mol. The van der Waals surface area contributed by atoms with Gasteiger partial charge >= 0.3 is 6.03 Å². The number of oxime groups is 1. The molecule has 3 aromatic carbocycles. The van der Waals surface area contributed by atoms with Crippen LogP contribution in [0.5, 0.6) is 0 Å². The van der Waals surface area contributed by atoms with Crippen molar-refractivity contribution in [3.05, 3.63) is 126 Å². The van der Waals surface area contributed by atoms with Crippen LogP contribution in [0, 0.1) is 0 Å². The van der Waals surface area contributed by atoms with Crippen LogP contribution in [0.15, 0.2) is 114 Å². The van der Waals surface area contributed by atoms with Crippen LogP contribution >= 0.6 is 0 Å². The maximum absolute atomic E-state index is 14.2. The maximum Gasteiger partial charge on any atom is 0.321 e. The van der Waals surface area contributed by atoms with E-state index >= 15 is 0 Å². The Morgan fingerprint density at radius 3 is 2.37 bits per heavy atom. The molecule has 52 heavy (non-hydrogen) atoms. The molecular weight excluding hydrogens is 662 g/mol. The molecule has 0 unspecified atom stereocenters. The van der Waals surface area contributed by atoms with E-state index in [0.29, 0.717) is 25.2 Å². The zero-order chi connectivity index (χ0) is 36.5. The first-order valence-corrected chi connectivity index (χ1v) is 16.7. The third kappa shape index (κ3) is 11.2. The molecule has 2 heterocycles. The second kappa shape index (κ2) is 18.9. The largest absolute Gasteiger partial charge is 0.389 e. The molecule has 0 spiro atoms. The van der Waals surface area contributed by atoms with Crippen molar-refractivity contribution in [2.75, 3.05) is 13.6 Å². The summed E-state index contributed by atoms with van der Waals surface area (Å²) >= 11 is 0. The van der Waals surface area contributed by atoms with E-state index in [1.807, 2.05) is 91.0 Å². The van der Waals surface area contributed by atoms with Crippen LogP contribution in [-0.2, 0) is 40.7 Å². The lowest BCUT2D eigenvalue weighted by Crippen LogP contribution is -2.49. The fourth-order valence-corrected chi connectivity index (χ4v) is 5.31. The minimum atomic E-state index is -0.881. The quantitative estimate of drug-likeness (QED) is 0.0521. The first-order chi connectivity index (χ1) is 25.4. The number of guanidine groups is 1. The number of carbonyl (C=O) groups excluding carboxylic acids is 3. The number of hydrogen-bond donors (Lipinski definition) is 4. The van der Waals surface area contributed by atoms with Gasteiger partial charge in [-0.2, -0.15) is 0 Å². The van der Waals surface area contributed by atoms with Gasteiger partial charge in [0, 0.05) is 43.8 Å². The van der Waals surface area contributed by atoms with Gasteiger partial charge in [0.2, 0.25) is 11.8 Å². The van der Waals surface area contributed by atoms with Gasteiger partial charge in [0.15, 0.2) is 12.6 Å². The summed E-state index contributed by atoms with van der Waals surface area (Å²) in [5.74, 6) is -0.737. The van der Waals surface area contributed by atoms with Crippen LogP contribution in [0.2, 0.25) is 0 Å². The molecule has 0 aliphatic heterocycles. The van der Waals surface area contributed by atoms with Crippen molar-refractivity contribution in [1.82, 2.24) is 40.8 Å². The van der Waals surface area contributed by atoms with Crippen LogP contribution in [0.3, 0.4) is 0 Å². The van der Waals surface area contributed by atoms with Crippen molar-refractivity contribution >= 4 is 40.9 Å². The highest BCUT2D eigenvalue weighted by molar-refractivity contribution is 5.97. The molecule has 4 amide bonds. The number of pyridine rings is 1. The van der Waals surface area contributed by atoms with Gasteiger partial charge in [-0.25, -0.2) is 9.48 Å². The summed E-state index contributed by atoms with van der Waals surface area (Å²) in [5.41, 5.74) is 9.88. The molecule has 0 saturated carbocycles. The molecule has 0 fully saturated rings. The first-order valence-electron chi connectivity index (χ1n) is 16.7. The summed E-state index contributed by atoms with van der Waals surface area (Å²) in [4.78, 5) is 54.8. The maximum atomic E-state index is 14.2. The highest BCUT2D eigenvalue weighted by Gasteiger charge is 2.26. The van der Waals surface area contributed by atoms with E-state index in [-0.39, 0.29) is 38.0 Å². The molecule has 5 aromatic rings. The highest BCUT2D eigenvalue weighted by atomic mass is 16.6. The van der Waals surface area contributed by atoms with Crippen molar-refractivity contribution in [2.45, 2.75) is 45.1 Å². The Kier molecular flexibility index (Phi) is 13.3. The number of nitrogens with zero attached hydrogens (tertiary/aromatic N) is 7. The lowest BCUT2D eigenvalue weighted by Gasteiger charge is -2.28. The van der Waals surface area contributed by atoms with Crippen molar-refractivity contribution in [3.63, 3.8) is 0 Å². The Labute approximate surface area is 301 Å². The van der Waals surface area contributed by atoms with Crippen molar-refractivity contribution in [1.29, 1.82) is 0 Å². The summed E-state index contributed by atoms with van der Waals surface area (Å²) in [6, 6.07) is 27.5. The number of nitrogens with two attached hydrogens (primary N) is 1. The minimum absolute atomic E-state index is 0.0363. The van der Waals surface area contributed by atoms with Gasteiger partial charge in [-0.3, -0.25) is 24.9 Å². The normalized spacial score (nSPS) is 12.0. The molecular formula is C37H41N11O4. The summed E-state index contributed by atoms with van der Waals surface area (Å²) < 4.78 is 1.37.